The molecule has 118 valence electrons. The highest BCUT2D eigenvalue weighted by Gasteiger charge is 2.14. The molecule has 1 heterocycles. The lowest BCUT2D eigenvalue weighted by Crippen LogP contribution is -2.43. The molecule has 0 bridgehead atoms. The molecule has 0 amide bonds. The summed E-state index contributed by atoms with van der Waals surface area (Å²) < 4.78 is 46.2. The first-order valence-electron chi connectivity index (χ1n) is 10.0. The van der Waals surface area contributed by atoms with Gasteiger partial charge in [0, 0.05) is 44.2 Å². The Bertz CT molecular complexity index is 803. The zero-order chi connectivity index (χ0) is 19.7. The average molecular weight is 385 g/mol. The van der Waals surface area contributed by atoms with Gasteiger partial charge in [-0.1, -0.05) is 41.6 Å². The van der Waals surface area contributed by atoms with Crippen molar-refractivity contribution < 1.29 is 8.22 Å². The number of hydrogen-bond donors (Lipinski definition) is 1. The fourth-order valence-electron chi connectivity index (χ4n) is 2.45. The molecule has 0 atom stereocenters. The highest BCUT2D eigenvalue weighted by atomic mass is 79.9. The maximum Gasteiger partial charge on any atom is 0.0508 e. The number of rotatable bonds is 3. The standard InChI is InChI=1S/C18H22N2S.BrH/c1-14-7-8-17(15(2)13-14)21-18-6-4-3-5-16(18)20-11-9-19-10-12-20;/h3-8,13,19H,9-12H2,1-2H3;1H/i1D3,2D3;. The van der Waals surface area contributed by atoms with E-state index in [1.807, 2.05) is 24.3 Å². The molecule has 1 fully saturated rings. The third kappa shape index (κ3) is 4.06. The second-order valence-corrected chi connectivity index (χ2v) is 6.10. The van der Waals surface area contributed by atoms with Gasteiger partial charge in [-0.2, -0.15) is 0 Å². The summed E-state index contributed by atoms with van der Waals surface area (Å²) in [5, 5.41) is 3.33. The minimum atomic E-state index is -2.38. The summed E-state index contributed by atoms with van der Waals surface area (Å²) in [6.07, 6.45) is 0. The lowest BCUT2D eigenvalue weighted by Gasteiger charge is -2.31. The van der Waals surface area contributed by atoms with E-state index in [0.717, 1.165) is 36.8 Å². The number of hydrogen-bond acceptors (Lipinski definition) is 3. The summed E-state index contributed by atoms with van der Waals surface area (Å²) in [6, 6.07) is 12.3. The van der Waals surface area contributed by atoms with Crippen molar-refractivity contribution >= 4 is 34.4 Å². The minimum absolute atomic E-state index is 0. The normalized spacial score (nSPS) is 19.7. The SMILES string of the molecule is Br.[2H]C([2H])([2H])c1ccc(Sc2ccccc2N2CCNCC2)c(C([2H])([2H])[2H])c1. The van der Waals surface area contributed by atoms with Crippen LogP contribution in [0.1, 0.15) is 19.4 Å². The van der Waals surface area contributed by atoms with Gasteiger partial charge in [-0.15, -0.1) is 17.0 Å². The minimum Gasteiger partial charge on any atom is -0.368 e. The lowest BCUT2D eigenvalue weighted by molar-refractivity contribution is 0.587. The first-order chi connectivity index (χ1) is 12.7. The number of piperazine rings is 1. The number of para-hydroxylation sites is 1. The van der Waals surface area contributed by atoms with Crippen molar-refractivity contribution in [1.82, 2.24) is 5.32 Å². The van der Waals surface area contributed by atoms with Crippen LogP contribution < -0.4 is 10.2 Å². The molecule has 0 spiro atoms. The van der Waals surface area contributed by atoms with Crippen molar-refractivity contribution in [3.63, 3.8) is 0 Å². The molecule has 0 radical (unpaired) electrons. The number of halogens is 1. The molecule has 4 heteroatoms. The summed E-state index contributed by atoms with van der Waals surface area (Å²) in [5.41, 5.74) is 1.20. The Morgan fingerprint density at radius 2 is 1.86 bits per heavy atom. The van der Waals surface area contributed by atoms with Crippen LogP contribution in [0.25, 0.3) is 0 Å². The van der Waals surface area contributed by atoms with Crippen molar-refractivity contribution in [3.8, 4) is 0 Å². The number of aryl methyl sites for hydroxylation is 2. The van der Waals surface area contributed by atoms with E-state index in [9.17, 15) is 0 Å². The number of benzene rings is 2. The van der Waals surface area contributed by atoms with Crippen LogP contribution in [0.4, 0.5) is 5.69 Å². The van der Waals surface area contributed by atoms with E-state index < -0.39 is 13.7 Å². The Morgan fingerprint density at radius 1 is 1.05 bits per heavy atom. The van der Waals surface area contributed by atoms with Gasteiger partial charge < -0.3 is 10.2 Å². The Hall–Kier alpha value is -0.970. The quantitative estimate of drug-likeness (QED) is 0.841. The van der Waals surface area contributed by atoms with Gasteiger partial charge in [0.1, 0.15) is 0 Å². The molecule has 0 aliphatic carbocycles. The van der Waals surface area contributed by atoms with Gasteiger partial charge in [-0.25, -0.2) is 0 Å². The van der Waals surface area contributed by atoms with Crippen molar-refractivity contribution in [2.24, 2.45) is 0 Å². The predicted molar refractivity (Wildman–Crippen MR) is 102 cm³/mol. The van der Waals surface area contributed by atoms with Gasteiger partial charge in [0.05, 0.1) is 5.69 Å². The first-order valence-corrected chi connectivity index (χ1v) is 7.85. The third-order valence-electron chi connectivity index (χ3n) is 3.52. The molecule has 2 aromatic carbocycles. The van der Waals surface area contributed by atoms with Crippen LogP contribution >= 0.6 is 28.7 Å². The average Bonchev–Trinajstić information content (AvgIpc) is 2.61. The van der Waals surface area contributed by atoms with Crippen LogP contribution in [0.3, 0.4) is 0 Å². The summed E-state index contributed by atoms with van der Waals surface area (Å²) in [6.45, 7) is -1.11. The molecule has 0 saturated carbocycles. The molecule has 3 rings (SSSR count). The fraction of sp³-hybridized carbons (Fsp3) is 0.333. The highest BCUT2D eigenvalue weighted by molar-refractivity contribution is 8.93. The fourth-order valence-corrected chi connectivity index (χ4v) is 3.44. The number of anilines is 1. The second kappa shape index (κ2) is 8.04. The second-order valence-electron chi connectivity index (χ2n) is 5.02. The summed E-state index contributed by atoms with van der Waals surface area (Å²) in [5.74, 6) is 0. The zero-order valence-electron chi connectivity index (χ0n) is 18.1. The topological polar surface area (TPSA) is 15.3 Å². The van der Waals surface area contributed by atoms with Crippen molar-refractivity contribution in [3.05, 3.63) is 53.6 Å². The molecule has 0 aromatic heterocycles. The third-order valence-corrected chi connectivity index (χ3v) is 4.66. The largest absolute Gasteiger partial charge is 0.368 e. The monoisotopic (exact) mass is 384 g/mol. The van der Waals surface area contributed by atoms with Crippen LogP contribution in [-0.2, 0) is 0 Å². The van der Waals surface area contributed by atoms with Gasteiger partial charge >= 0.3 is 0 Å². The van der Waals surface area contributed by atoms with Crippen LogP contribution in [0, 0.1) is 13.7 Å². The van der Waals surface area contributed by atoms with E-state index in [4.69, 9.17) is 8.22 Å². The molecule has 1 aliphatic rings. The van der Waals surface area contributed by atoms with Crippen LogP contribution in [0.5, 0.6) is 0 Å². The smallest absolute Gasteiger partial charge is 0.0508 e. The molecule has 0 unspecified atom stereocenters. The number of nitrogens with zero attached hydrogens (tertiary/aromatic N) is 1. The van der Waals surface area contributed by atoms with E-state index in [1.54, 1.807) is 6.07 Å². The van der Waals surface area contributed by atoms with Gasteiger partial charge in [0.15, 0.2) is 0 Å². The first kappa shape index (κ1) is 10.7. The predicted octanol–water partition coefficient (Wildman–Crippen LogP) is 4.44. The van der Waals surface area contributed by atoms with Gasteiger partial charge in [-0.3, -0.25) is 0 Å². The Balaban J connectivity index is 0.00000280. The highest BCUT2D eigenvalue weighted by Crippen LogP contribution is 2.37. The molecule has 22 heavy (non-hydrogen) atoms. The van der Waals surface area contributed by atoms with Crippen LogP contribution in [-0.4, -0.2) is 26.2 Å². The lowest BCUT2D eigenvalue weighted by atomic mass is 10.2. The van der Waals surface area contributed by atoms with Crippen LogP contribution in [0.15, 0.2) is 52.3 Å². The van der Waals surface area contributed by atoms with Gasteiger partial charge in [0.2, 0.25) is 0 Å². The summed E-state index contributed by atoms with van der Waals surface area (Å²) in [7, 11) is 0. The van der Waals surface area contributed by atoms with Crippen LogP contribution in [0.2, 0.25) is 0 Å². The van der Waals surface area contributed by atoms with E-state index in [0.29, 0.717) is 4.90 Å². The maximum absolute atomic E-state index is 7.85. The molecular formula is C18H23BrN2S. The Kier molecular flexibility index (Phi) is 3.93. The Morgan fingerprint density at radius 3 is 2.64 bits per heavy atom. The molecule has 2 nitrogen and oxygen atoms in total. The van der Waals surface area contributed by atoms with E-state index in [1.165, 1.54) is 23.9 Å². The summed E-state index contributed by atoms with van der Waals surface area (Å²) >= 11 is 1.37. The Labute approximate surface area is 156 Å². The number of nitrogens with one attached hydrogen (secondary N) is 1. The molecule has 1 aliphatic heterocycles. The van der Waals surface area contributed by atoms with E-state index in [2.05, 4.69) is 10.2 Å². The van der Waals surface area contributed by atoms with E-state index >= 15 is 0 Å². The van der Waals surface area contributed by atoms with Crippen molar-refractivity contribution in [1.29, 1.82) is 0 Å². The summed E-state index contributed by atoms with van der Waals surface area (Å²) in [4.78, 5) is 3.81. The molecule has 2 aromatic rings. The van der Waals surface area contributed by atoms with Crippen molar-refractivity contribution in [2.75, 3.05) is 31.1 Å². The van der Waals surface area contributed by atoms with E-state index in [-0.39, 0.29) is 28.1 Å². The van der Waals surface area contributed by atoms with Gasteiger partial charge in [-0.05, 0) is 37.5 Å². The van der Waals surface area contributed by atoms with Crippen molar-refractivity contribution in [2.45, 2.75) is 23.5 Å². The molecular weight excluding hydrogens is 356 g/mol. The zero-order valence-corrected chi connectivity index (χ0v) is 14.7. The molecule has 1 N–H and O–H groups in total. The molecule has 1 saturated heterocycles. The van der Waals surface area contributed by atoms with Gasteiger partial charge in [0.25, 0.3) is 0 Å². The maximum atomic E-state index is 7.85.